The lowest BCUT2D eigenvalue weighted by Crippen LogP contribution is -1.91. The second kappa shape index (κ2) is 3.60. The van der Waals surface area contributed by atoms with Crippen LogP contribution in [0.15, 0.2) is 30.5 Å². The monoisotopic (exact) mass is 229 g/mol. The van der Waals surface area contributed by atoms with Crippen LogP contribution in [0.4, 0.5) is 0 Å². The molecule has 0 unspecified atom stereocenters. The molecule has 0 aliphatic heterocycles. The summed E-state index contributed by atoms with van der Waals surface area (Å²) in [6.45, 7) is 2.15. The molecular weight excluding hydrogens is 218 g/mol. The third-order valence-electron chi connectivity index (χ3n) is 3.06. The molecular formula is C14H12ClN. The SMILES string of the molecule is CCc1ncc2c(c1-c1ccc(Cl)cc1)C2. The minimum atomic E-state index is 0.784. The first kappa shape index (κ1) is 9.86. The quantitative estimate of drug-likeness (QED) is 0.650. The summed E-state index contributed by atoms with van der Waals surface area (Å²) < 4.78 is 0. The maximum absolute atomic E-state index is 5.91. The zero-order valence-electron chi connectivity index (χ0n) is 9.13. The highest BCUT2D eigenvalue weighted by Gasteiger charge is 2.24. The Hall–Kier alpha value is -1.34. The summed E-state index contributed by atoms with van der Waals surface area (Å²) in [5.41, 5.74) is 6.62. The summed E-state index contributed by atoms with van der Waals surface area (Å²) in [7, 11) is 0. The average Bonchev–Trinajstić information content (AvgIpc) is 3.08. The molecule has 0 saturated heterocycles. The van der Waals surface area contributed by atoms with Crippen molar-refractivity contribution < 1.29 is 0 Å². The van der Waals surface area contributed by atoms with Crippen LogP contribution in [-0.4, -0.2) is 4.98 Å². The molecule has 2 heteroatoms. The normalized spacial score (nSPS) is 12.4. The Kier molecular flexibility index (Phi) is 2.22. The number of rotatable bonds is 2. The minimum Gasteiger partial charge on any atom is -0.260 e. The fraction of sp³-hybridized carbons (Fsp3) is 0.214. The number of halogens is 1. The van der Waals surface area contributed by atoms with E-state index in [4.69, 9.17) is 11.6 Å². The molecule has 0 spiro atoms. The smallest absolute Gasteiger partial charge is 0.0482 e. The van der Waals surface area contributed by atoms with Crippen LogP contribution in [0.2, 0.25) is 5.02 Å². The zero-order chi connectivity index (χ0) is 11.1. The standard InChI is InChI=1S/C14H12ClN/c1-2-13-14(12-7-10(12)8-16-13)9-3-5-11(15)6-4-9/h3-6,8H,2,7H2,1H3. The molecule has 0 amide bonds. The Labute approximate surface area is 100 Å². The number of nitrogens with zero attached hydrogens (tertiary/aromatic N) is 1. The maximum atomic E-state index is 5.91. The second-order valence-electron chi connectivity index (χ2n) is 4.12. The van der Waals surface area contributed by atoms with Crippen LogP contribution < -0.4 is 0 Å². The maximum Gasteiger partial charge on any atom is 0.0482 e. The number of fused-ring (bicyclic) bond motifs is 1. The van der Waals surface area contributed by atoms with E-state index < -0.39 is 0 Å². The van der Waals surface area contributed by atoms with Crippen molar-refractivity contribution in [2.24, 2.45) is 0 Å². The Bertz CT molecular complexity index is 543. The first-order valence-corrected chi connectivity index (χ1v) is 5.93. The van der Waals surface area contributed by atoms with E-state index in [0.29, 0.717) is 0 Å². The minimum absolute atomic E-state index is 0.784. The lowest BCUT2D eigenvalue weighted by atomic mass is 10.0. The number of hydrogen-bond donors (Lipinski definition) is 0. The highest BCUT2D eigenvalue weighted by molar-refractivity contribution is 6.30. The van der Waals surface area contributed by atoms with E-state index in [1.165, 1.54) is 27.9 Å². The van der Waals surface area contributed by atoms with E-state index >= 15 is 0 Å². The number of pyridine rings is 1. The molecule has 1 aliphatic carbocycles. The van der Waals surface area contributed by atoms with E-state index in [2.05, 4.69) is 24.0 Å². The molecule has 1 heterocycles. The Morgan fingerprint density at radius 1 is 1.25 bits per heavy atom. The summed E-state index contributed by atoms with van der Waals surface area (Å²) in [5.74, 6) is 0. The van der Waals surface area contributed by atoms with Crippen molar-refractivity contribution in [1.29, 1.82) is 0 Å². The predicted octanol–water partition coefficient (Wildman–Crippen LogP) is 3.87. The summed E-state index contributed by atoms with van der Waals surface area (Å²) in [6, 6.07) is 8.05. The van der Waals surface area contributed by atoms with Crippen LogP contribution >= 0.6 is 11.6 Å². The molecule has 1 aromatic heterocycles. The van der Waals surface area contributed by atoms with Crippen LogP contribution in [0.1, 0.15) is 23.7 Å². The topological polar surface area (TPSA) is 12.9 Å². The predicted molar refractivity (Wildman–Crippen MR) is 66.9 cm³/mol. The highest BCUT2D eigenvalue weighted by atomic mass is 35.5. The van der Waals surface area contributed by atoms with E-state index in [1.807, 2.05) is 18.3 Å². The van der Waals surface area contributed by atoms with Crippen molar-refractivity contribution in [3.8, 4) is 11.1 Å². The van der Waals surface area contributed by atoms with E-state index in [0.717, 1.165) is 17.9 Å². The molecule has 0 fully saturated rings. The molecule has 1 aliphatic rings. The van der Waals surface area contributed by atoms with Gasteiger partial charge in [0.1, 0.15) is 0 Å². The van der Waals surface area contributed by atoms with Crippen molar-refractivity contribution in [2.75, 3.05) is 0 Å². The van der Waals surface area contributed by atoms with Crippen LogP contribution in [-0.2, 0) is 12.8 Å². The van der Waals surface area contributed by atoms with Crippen LogP contribution in [0.3, 0.4) is 0 Å². The second-order valence-corrected chi connectivity index (χ2v) is 4.56. The van der Waals surface area contributed by atoms with Crippen molar-refractivity contribution in [3.63, 3.8) is 0 Å². The van der Waals surface area contributed by atoms with Crippen molar-refractivity contribution in [3.05, 3.63) is 52.3 Å². The van der Waals surface area contributed by atoms with Gasteiger partial charge in [0.15, 0.2) is 0 Å². The molecule has 0 radical (unpaired) electrons. The molecule has 1 nitrogen and oxygen atoms in total. The fourth-order valence-corrected chi connectivity index (χ4v) is 2.26. The summed E-state index contributed by atoms with van der Waals surface area (Å²) in [5, 5.41) is 0.784. The summed E-state index contributed by atoms with van der Waals surface area (Å²) in [6.07, 6.45) is 4.09. The average molecular weight is 230 g/mol. The van der Waals surface area contributed by atoms with Crippen LogP contribution in [0.5, 0.6) is 0 Å². The molecule has 0 saturated carbocycles. The first-order valence-electron chi connectivity index (χ1n) is 5.55. The molecule has 0 atom stereocenters. The third kappa shape index (κ3) is 1.52. The van der Waals surface area contributed by atoms with E-state index in [9.17, 15) is 0 Å². The lowest BCUT2D eigenvalue weighted by molar-refractivity contribution is 1.04. The van der Waals surface area contributed by atoms with Crippen molar-refractivity contribution in [1.82, 2.24) is 4.98 Å². The Morgan fingerprint density at radius 3 is 2.69 bits per heavy atom. The Morgan fingerprint density at radius 2 is 2.00 bits per heavy atom. The van der Waals surface area contributed by atoms with E-state index in [1.54, 1.807) is 0 Å². The molecule has 1 aromatic carbocycles. The number of aryl methyl sites for hydroxylation is 1. The summed E-state index contributed by atoms with van der Waals surface area (Å²) >= 11 is 5.91. The Balaban J connectivity index is 2.17. The van der Waals surface area contributed by atoms with Gasteiger partial charge in [0.25, 0.3) is 0 Å². The molecule has 80 valence electrons. The van der Waals surface area contributed by atoms with Gasteiger partial charge in [-0.3, -0.25) is 4.98 Å². The van der Waals surface area contributed by atoms with Crippen LogP contribution in [0, 0.1) is 0 Å². The largest absolute Gasteiger partial charge is 0.260 e. The van der Waals surface area contributed by atoms with E-state index in [-0.39, 0.29) is 0 Å². The molecule has 0 N–H and O–H groups in total. The molecule has 16 heavy (non-hydrogen) atoms. The van der Waals surface area contributed by atoms with Gasteiger partial charge in [-0.05, 0) is 35.2 Å². The van der Waals surface area contributed by atoms with Crippen molar-refractivity contribution in [2.45, 2.75) is 19.8 Å². The van der Waals surface area contributed by atoms with Crippen molar-refractivity contribution >= 4 is 11.6 Å². The lowest BCUT2D eigenvalue weighted by Gasteiger charge is -2.06. The first-order chi connectivity index (χ1) is 7.79. The van der Waals surface area contributed by atoms with Gasteiger partial charge in [0.2, 0.25) is 0 Å². The molecule has 0 bridgehead atoms. The van der Waals surface area contributed by atoms with Crippen LogP contribution in [0.25, 0.3) is 11.1 Å². The molecule has 2 aromatic rings. The number of hydrogen-bond acceptors (Lipinski definition) is 1. The fourth-order valence-electron chi connectivity index (χ4n) is 2.14. The zero-order valence-corrected chi connectivity index (χ0v) is 9.88. The highest BCUT2D eigenvalue weighted by Crippen LogP contribution is 2.39. The third-order valence-corrected chi connectivity index (χ3v) is 3.32. The van der Waals surface area contributed by atoms with Gasteiger partial charge < -0.3 is 0 Å². The van der Waals surface area contributed by atoms with Gasteiger partial charge in [0, 0.05) is 28.9 Å². The van der Waals surface area contributed by atoms with Gasteiger partial charge in [-0.15, -0.1) is 0 Å². The van der Waals surface area contributed by atoms with Gasteiger partial charge in [-0.2, -0.15) is 0 Å². The van der Waals surface area contributed by atoms with Gasteiger partial charge in [-0.25, -0.2) is 0 Å². The number of benzene rings is 1. The summed E-state index contributed by atoms with van der Waals surface area (Å²) in [4.78, 5) is 4.51. The van der Waals surface area contributed by atoms with Gasteiger partial charge in [0.05, 0.1) is 0 Å². The van der Waals surface area contributed by atoms with Gasteiger partial charge >= 0.3 is 0 Å². The molecule has 3 rings (SSSR count). The van der Waals surface area contributed by atoms with Gasteiger partial charge in [-0.1, -0.05) is 30.7 Å². The number of aromatic nitrogens is 1.